The maximum Gasteiger partial charge on any atom is 0.0781 e. The molecule has 0 aliphatic heterocycles. The van der Waals surface area contributed by atoms with Crippen LogP contribution in [0.4, 0.5) is 5.69 Å². The number of hydrogen-bond donors (Lipinski definition) is 1. The molecular formula is C12H19NO. The van der Waals surface area contributed by atoms with Crippen LogP contribution in [-0.2, 0) is 0 Å². The molecule has 0 bridgehead atoms. The Labute approximate surface area is 86.2 Å². The van der Waals surface area contributed by atoms with Gasteiger partial charge in [-0.05, 0) is 26.8 Å². The van der Waals surface area contributed by atoms with Crippen molar-refractivity contribution in [2.45, 2.75) is 26.9 Å². The Balaban J connectivity index is 3.05. The summed E-state index contributed by atoms with van der Waals surface area (Å²) in [4.78, 5) is 2.25. The van der Waals surface area contributed by atoms with Crippen molar-refractivity contribution in [3.63, 3.8) is 0 Å². The van der Waals surface area contributed by atoms with Crippen LogP contribution in [0.5, 0.6) is 0 Å². The molecule has 1 aromatic rings. The zero-order valence-corrected chi connectivity index (χ0v) is 9.20. The highest BCUT2D eigenvalue weighted by Crippen LogP contribution is 2.25. The second-order valence-corrected chi connectivity index (χ2v) is 3.41. The van der Waals surface area contributed by atoms with E-state index in [-0.39, 0.29) is 0 Å². The fourth-order valence-corrected chi connectivity index (χ4v) is 1.69. The number of benzene rings is 1. The Morgan fingerprint density at radius 2 is 1.79 bits per heavy atom. The van der Waals surface area contributed by atoms with Crippen molar-refractivity contribution in [3.8, 4) is 0 Å². The van der Waals surface area contributed by atoms with E-state index in [9.17, 15) is 5.11 Å². The summed E-state index contributed by atoms with van der Waals surface area (Å²) in [6, 6.07) is 8.03. The van der Waals surface area contributed by atoms with Crippen molar-refractivity contribution in [1.29, 1.82) is 0 Å². The zero-order chi connectivity index (χ0) is 10.6. The van der Waals surface area contributed by atoms with Gasteiger partial charge >= 0.3 is 0 Å². The number of hydrogen-bond acceptors (Lipinski definition) is 2. The largest absolute Gasteiger partial charge is 0.389 e. The van der Waals surface area contributed by atoms with E-state index in [1.165, 1.54) is 0 Å². The fraction of sp³-hybridized carbons (Fsp3) is 0.500. The van der Waals surface area contributed by atoms with Gasteiger partial charge in [0.2, 0.25) is 0 Å². The van der Waals surface area contributed by atoms with Gasteiger partial charge in [-0.1, -0.05) is 18.2 Å². The summed E-state index contributed by atoms with van der Waals surface area (Å²) in [5.41, 5.74) is 2.16. The van der Waals surface area contributed by atoms with Crippen LogP contribution in [0, 0.1) is 0 Å². The first-order valence-electron chi connectivity index (χ1n) is 5.22. The van der Waals surface area contributed by atoms with E-state index < -0.39 is 6.10 Å². The third-order valence-electron chi connectivity index (χ3n) is 2.49. The molecule has 78 valence electrons. The molecule has 0 saturated heterocycles. The number of aliphatic hydroxyl groups is 1. The van der Waals surface area contributed by atoms with E-state index in [1.807, 2.05) is 25.1 Å². The van der Waals surface area contributed by atoms with E-state index in [4.69, 9.17) is 0 Å². The Morgan fingerprint density at radius 1 is 1.21 bits per heavy atom. The zero-order valence-electron chi connectivity index (χ0n) is 9.20. The van der Waals surface area contributed by atoms with E-state index >= 15 is 0 Å². The lowest BCUT2D eigenvalue weighted by Gasteiger charge is -2.25. The summed E-state index contributed by atoms with van der Waals surface area (Å²) in [6.07, 6.45) is -0.396. The van der Waals surface area contributed by atoms with Crippen molar-refractivity contribution >= 4 is 5.69 Å². The average Bonchev–Trinajstić information content (AvgIpc) is 2.20. The molecule has 14 heavy (non-hydrogen) atoms. The van der Waals surface area contributed by atoms with Crippen molar-refractivity contribution in [2.75, 3.05) is 18.0 Å². The maximum atomic E-state index is 9.62. The number of anilines is 1. The molecule has 0 aliphatic rings. The van der Waals surface area contributed by atoms with E-state index in [2.05, 4.69) is 24.8 Å². The van der Waals surface area contributed by atoms with E-state index in [1.54, 1.807) is 0 Å². The molecule has 1 N–H and O–H groups in total. The summed E-state index contributed by atoms with van der Waals surface area (Å²) < 4.78 is 0. The second-order valence-electron chi connectivity index (χ2n) is 3.41. The quantitative estimate of drug-likeness (QED) is 0.794. The van der Waals surface area contributed by atoms with Gasteiger partial charge < -0.3 is 10.0 Å². The van der Waals surface area contributed by atoms with Gasteiger partial charge in [0.25, 0.3) is 0 Å². The smallest absolute Gasteiger partial charge is 0.0781 e. The molecule has 0 heterocycles. The molecule has 1 unspecified atom stereocenters. The SMILES string of the molecule is CCN(CC)c1ccccc1C(C)O. The van der Waals surface area contributed by atoms with Gasteiger partial charge in [0, 0.05) is 24.3 Å². The molecule has 1 aromatic carbocycles. The standard InChI is InChI=1S/C12H19NO/c1-4-13(5-2)12-9-7-6-8-11(12)10(3)14/h6-10,14H,4-5H2,1-3H3. The second kappa shape index (κ2) is 5.01. The molecule has 0 aromatic heterocycles. The monoisotopic (exact) mass is 193 g/mol. The molecule has 0 fully saturated rings. The normalized spacial score (nSPS) is 12.6. The number of aliphatic hydroxyl groups excluding tert-OH is 1. The average molecular weight is 193 g/mol. The topological polar surface area (TPSA) is 23.5 Å². The molecule has 1 atom stereocenters. The first-order valence-corrected chi connectivity index (χ1v) is 5.22. The van der Waals surface area contributed by atoms with E-state index in [0.29, 0.717) is 0 Å². The summed E-state index contributed by atoms with van der Waals surface area (Å²) in [6.45, 7) is 8.01. The van der Waals surface area contributed by atoms with Gasteiger partial charge in [0.1, 0.15) is 0 Å². The molecular weight excluding hydrogens is 174 g/mol. The summed E-state index contributed by atoms with van der Waals surface area (Å²) in [7, 11) is 0. The van der Waals surface area contributed by atoms with Gasteiger partial charge in [-0.15, -0.1) is 0 Å². The molecule has 0 saturated carbocycles. The number of para-hydroxylation sites is 1. The highest BCUT2D eigenvalue weighted by atomic mass is 16.3. The van der Waals surface area contributed by atoms with Crippen LogP contribution < -0.4 is 4.90 Å². The van der Waals surface area contributed by atoms with Gasteiger partial charge in [-0.2, -0.15) is 0 Å². The summed E-state index contributed by atoms with van der Waals surface area (Å²) in [5.74, 6) is 0. The van der Waals surface area contributed by atoms with Crippen LogP contribution in [0.1, 0.15) is 32.4 Å². The first kappa shape index (κ1) is 11.1. The Hall–Kier alpha value is -1.02. The maximum absolute atomic E-state index is 9.62. The lowest BCUT2D eigenvalue weighted by atomic mass is 10.1. The predicted molar refractivity (Wildman–Crippen MR) is 60.6 cm³/mol. The highest BCUT2D eigenvalue weighted by Gasteiger charge is 2.10. The first-order chi connectivity index (χ1) is 6.70. The van der Waals surface area contributed by atoms with Crippen LogP contribution in [0.25, 0.3) is 0 Å². The van der Waals surface area contributed by atoms with Gasteiger partial charge in [-0.3, -0.25) is 0 Å². The van der Waals surface area contributed by atoms with Crippen LogP contribution in [0.2, 0.25) is 0 Å². The Morgan fingerprint density at radius 3 is 2.29 bits per heavy atom. The van der Waals surface area contributed by atoms with Gasteiger partial charge in [-0.25, -0.2) is 0 Å². The summed E-state index contributed by atoms with van der Waals surface area (Å²) in [5, 5.41) is 9.62. The minimum atomic E-state index is -0.396. The van der Waals surface area contributed by atoms with Crippen LogP contribution in [-0.4, -0.2) is 18.2 Å². The lowest BCUT2D eigenvalue weighted by Crippen LogP contribution is -2.23. The minimum absolute atomic E-state index is 0.396. The predicted octanol–water partition coefficient (Wildman–Crippen LogP) is 2.59. The van der Waals surface area contributed by atoms with Crippen molar-refractivity contribution < 1.29 is 5.11 Å². The molecule has 0 spiro atoms. The highest BCUT2D eigenvalue weighted by molar-refractivity contribution is 5.54. The van der Waals surface area contributed by atoms with Crippen LogP contribution in [0.15, 0.2) is 24.3 Å². The molecule has 0 radical (unpaired) electrons. The Bertz CT molecular complexity index is 279. The lowest BCUT2D eigenvalue weighted by molar-refractivity contribution is 0.199. The fourth-order valence-electron chi connectivity index (χ4n) is 1.69. The molecule has 0 aliphatic carbocycles. The van der Waals surface area contributed by atoms with Gasteiger partial charge in [0.05, 0.1) is 6.10 Å². The Kier molecular flexibility index (Phi) is 3.96. The van der Waals surface area contributed by atoms with Gasteiger partial charge in [0.15, 0.2) is 0 Å². The third kappa shape index (κ3) is 2.26. The van der Waals surface area contributed by atoms with Crippen LogP contribution in [0.3, 0.4) is 0 Å². The molecule has 0 amide bonds. The van der Waals surface area contributed by atoms with Crippen molar-refractivity contribution in [3.05, 3.63) is 29.8 Å². The van der Waals surface area contributed by atoms with Crippen molar-refractivity contribution in [2.24, 2.45) is 0 Å². The number of nitrogens with zero attached hydrogens (tertiary/aromatic N) is 1. The summed E-state index contributed by atoms with van der Waals surface area (Å²) >= 11 is 0. The minimum Gasteiger partial charge on any atom is -0.389 e. The third-order valence-corrected chi connectivity index (χ3v) is 2.49. The molecule has 2 nitrogen and oxygen atoms in total. The van der Waals surface area contributed by atoms with E-state index in [0.717, 1.165) is 24.3 Å². The molecule has 1 rings (SSSR count). The molecule has 2 heteroatoms. The van der Waals surface area contributed by atoms with Crippen molar-refractivity contribution in [1.82, 2.24) is 0 Å². The van der Waals surface area contributed by atoms with Crippen LogP contribution >= 0.6 is 0 Å². The number of rotatable bonds is 4.